The third-order valence-electron chi connectivity index (χ3n) is 11.3. The maximum Gasteiger partial charge on any atom is 0.481 e. The molecule has 0 amide bonds. The summed E-state index contributed by atoms with van der Waals surface area (Å²) in [7, 11) is -11.0. The van der Waals surface area contributed by atoms with Crippen LogP contribution in [0.5, 0.6) is 0 Å². The number of anilines is 1. The first-order valence-electron chi connectivity index (χ1n) is 25.5. The molecule has 0 aliphatic carbocycles. The van der Waals surface area contributed by atoms with Gasteiger partial charge in [0.15, 0.2) is 12.3 Å². The molecule has 0 spiro atoms. The summed E-state index contributed by atoms with van der Waals surface area (Å²) < 4.78 is 56.5. The summed E-state index contributed by atoms with van der Waals surface area (Å²) in [4.78, 5) is 61.9. The van der Waals surface area contributed by atoms with Crippen LogP contribution in [0, 0.1) is 0 Å². The number of aliphatic hydroxyl groups excluding tert-OH is 4. The number of phosphoric acid groups is 2. The van der Waals surface area contributed by atoms with Gasteiger partial charge in [0.25, 0.3) is 0 Å². The molecule has 72 heavy (non-hydrogen) atoms. The summed E-state index contributed by atoms with van der Waals surface area (Å²) in [5.41, 5.74) is 4.56. The second kappa shape index (κ2) is 38.0. The number of carbonyl (C=O) groups is 2. The van der Waals surface area contributed by atoms with Crippen LogP contribution in [0.2, 0.25) is 0 Å². The summed E-state index contributed by atoms with van der Waals surface area (Å²) in [6.45, 7) is 1.84. The Hall–Kier alpha value is -3.62. The molecule has 9 atom stereocenters. The Kier molecular flexibility index (Phi) is 34.0. The van der Waals surface area contributed by atoms with Gasteiger partial charge in [-0.15, -0.1) is 0 Å². The summed E-state index contributed by atoms with van der Waals surface area (Å²) in [6, 6.07) is 1.23. The number of aliphatic hydroxyl groups is 4. The topological polar surface area (TPSA) is 306 Å². The third kappa shape index (κ3) is 30.5. The van der Waals surface area contributed by atoms with E-state index in [1.807, 2.05) is 6.08 Å². The highest BCUT2D eigenvalue weighted by molar-refractivity contribution is 7.61. The molecular formula is C50H83N3O17P2. The van der Waals surface area contributed by atoms with Crippen molar-refractivity contribution >= 4 is 33.4 Å². The molecule has 0 saturated carbocycles. The van der Waals surface area contributed by atoms with Crippen LogP contribution in [0.1, 0.15) is 161 Å². The van der Waals surface area contributed by atoms with Crippen LogP contribution in [0.3, 0.4) is 0 Å². The van der Waals surface area contributed by atoms with E-state index < -0.39 is 95.9 Å². The van der Waals surface area contributed by atoms with Gasteiger partial charge < -0.3 is 50.2 Å². The van der Waals surface area contributed by atoms with Crippen LogP contribution in [-0.4, -0.2) is 108 Å². The summed E-state index contributed by atoms with van der Waals surface area (Å²) >= 11 is 0. The second-order valence-corrected chi connectivity index (χ2v) is 20.8. The van der Waals surface area contributed by atoms with E-state index in [1.165, 1.54) is 57.1 Å². The Labute approximate surface area is 425 Å². The lowest BCUT2D eigenvalue weighted by molar-refractivity contribution is -0.161. The van der Waals surface area contributed by atoms with Gasteiger partial charge in [0.1, 0.15) is 30.7 Å². The molecule has 1 aromatic rings. The van der Waals surface area contributed by atoms with Gasteiger partial charge in [-0.1, -0.05) is 139 Å². The molecule has 410 valence electrons. The number of esters is 2. The predicted molar refractivity (Wildman–Crippen MR) is 273 cm³/mol. The lowest BCUT2D eigenvalue weighted by Gasteiger charge is -2.21. The number of carbonyl (C=O) groups excluding carboxylic acids is 2. The fraction of sp³-hybridized carbons (Fsp3) is 0.680. The van der Waals surface area contributed by atoms with Crippen LogP contribution in [-0.2, 0) is 46.3 Å². The predicted octanol–water partition coefficient (Wildman–Crippen LogP) is 8.28. The Morgan fingerprint density at radius 3 is 1.94 bits per heavy atom. The average Bonchev–Trinajstić information content (AvgIpc) is 3.61. The van der Waals surface area contributed by atoms with Gasteiger partial charge in [-0.05, 0) is 70.3 Å². The number of nitrogens with zero attached hydrogens (tertiary/aromatic N) is 2. The molecule has 2 rings (SSSR count). The first kappa shape index (κ1) is 64.5. The molecule has 0 bridgehead atoms. The Bertz CT molecular complexity index is 1980. The SMILES string of the molecule is CCCCC/C=C\C[C@@H](O)/C=C/C=C/C=C\[C@@H](O)CCCC(=O)OC[C@H](COP(=O)(O)OP(=O)(O)OC[C@H]1O[C@@H](n2ccc(N)nc2=O)[C@H](O)[C@@H]1O)OC(=O)CCCCCCC/C=C\CCCCCCCC. The zero-order valence-corrected chi connectivity index (χ0v) is 44.0. The Morgan fingerprint density at radius 2 is 1.29 bits per heavy atom. The average molecular weight is 1060 g/mol. The summed E-state index contributed by atoms with van der Waals surface area (Å²) in [5, 5.41) is 41.3. The van der Waals surface area contributed by atoms with E-state index in [-0.39, 0.29) is 31.5 Å². The number of nitrogens with two attached hydrogens (primary N) is 1. The number of phosphoric ester groups is 2. The monoisotopic (exact) mass is 1060 g/mol. The maximum atomic E-state index is 12.9. The van der Waals surface area contributed by atoms with E-state index >= 15 is 0 Å². The van der Waals surface area contributed by atoms with E-state index in [4.69, 9.17) is 29.0 Å². The van der Waals surface area contributed by atoms with Gasteiger partial charge in [-0.25, -0.2) is 13.9 Å². The first-order valence-corrected chi connectivity index (χ1v) is 28.5. The van der Waals surface area contributed by atoms with Crippen molar-refractivity contribution in [2.24, 2.45) is 0 Å². The number of nitrogen functional groups attached to an aromatic ring is 1. The van der Waals surface area contributed by atoms with Gasteiger partial charge in [0, 0.05) is 19.0 Å². The largest absolute Gasteiger partial charge is 0.481 e. The van der Waals surface area contributed by atoms with E-state index in [1.54, 1.807) is 30.4 Å². The lowest BCUT2D eigenvalue weighted by atomic mass is 10.1. The highest BCUT2D eigenvalue weighted by atomic mass is 31.3. The number of aromatic nitrogens is 2. The van der Waals surface area contributed by atoms with Crippen molar-refractivity contribution in [3.05, 3.63) is 83.5 Å². The third-order valence-corrected chi connectivity index (χ3v) is 13.9. The first-order chi connectivity index (χ1) is 34.5. The molecule has 2 heterocycles. The molecule has 0 radical (unpaired) electrons. The zero-order chi connectivity index (χ0) is 53.0. The minimum absolute atomic E-state index is 0.0145. The second-order valence-electron chi connectivity index (χ2n) is 17.7. The zero-order valence-electron chi connectivity index (χ0n) is 42.2. The van der Waals surface area contributed by atoms with Crippen LogP contribution in [0.4, 0.5) is 5.82 Å². The van der Waals surface area contributed by atoms with E-state index in [9.17, 15) is 53.7 Å². The molecule has 1 saturated heterocycles. The van der Waals surface area contributed by atoms with Crippen molar-refractivity contribution in [1.29, 1.82) is 0 Å². The van der Waals surface area contributed by atoms with Crippen LogP contribution >= 0.6 is 15.6 Å². The fourth-order valence-corrected chi connectivity index (χ4v) is 9.32. The van der Waals surface area contributed by atoms with Crippen LogP contribution in [0.15, 0.2) is 77.8 Å². The molecule has 1 aromatic heterocycles. The highest BCUT2D eigenvalue weighted by Gasteiger charge is 2.46. The van der Waals surface area contributed by atoms with Crippen LogP contribution < -0.4 is 11.4 Å². The van der Waals surface area contributed by atoms with Gasteiger partial charge in [-0.3, -0.25) is 23.2 Å². The van der Waals surface area contributed by atoms with E-state index in [2.05, 4.69) is 41.4 Å². The lowest BCUT2D eigenvalue weighted by Crippen LogP contribution is -2.36. The molecule has 2 unspecified atom stereocenters. The quantitative estimate of drug-likeness (QED) is 0.0107. The molecule has 8 N–H and O–H groups in total. The Morgan fingerprint density at radius 1 is 0.736 bits per heavy atom. The number of hydrogen-bond donors (Lipinski definition) is 7. The molecule has 1 aliphatic heterocycles. The van der Waals surface area contributed by atoms with Crippen molar-refractivity contribution < 1.29 is 76.5 Å². The molecule has 1 fully saturated rings. The summed E-state index contributed by atoms with van der Waals surface area (Å²) in [5.74, 6) is -1.56. The van der Waals surface area contributed by atoms with Gasteiger partial charge in [0.05, 0.1) is 25.4 Å². The number of ether oxygens (including phenoxy) is 3. The van der Waals surface area contributed by atoms with Crippen molar-refractivity contribution in [3.63, 3.8) is 0 Å². The van der Waals surface area contributed by atoms with Gasteiger partial charge in [-0.2, -0.15) is 9.29 Å². The molecule has 22 heteroatoms. The number of rotatable bonds is 41. The number of unbranched alkanes of at least 4 members (excludes halogenated alkanes) is 14. The summed E-state index contributed by atoms with van der Waals surface area (Å²) in [6.07, 6.45) is 29.2. The van der Waals surface area contributed by atoms with Gasteiger partial charge in [0.2, 0.25) is 0 Å². The van der Waals surface area contributed by atoms with E-state index in [0.717, 1.165) is 68.6 Å². The molecule has 1 aliphatic rings. The normalized spacial score (nSPS) is 20.4. The van der Waals surface area contributed by atoms with Crippen molar-refractivity contribution in [1.82, 2.24) is 9.55 Å². The van der Waals surface area contributed by atoms with Crippen molar-refractivity contribution in [2.75, 3.05) is 25.6 Å². The molecule has 0 aromatic carbocycles. The number of allylic oxidation sites excluding steroid dienone is 7. The standard InChI is InChI=1S/C50H83N3O17P2/c1-3-5-7-9-11-12-13-14-15-16-17-18-19-21-27-33-46(57)68-42(37-65-45(56)34-28-32-41(55)31-26-23-22-25-30-40(54)29-24-20-10-8-6-4-2)38-66-71(61,62)70-72(63,64)67-39-43-47(58)48(59)49(69-43)53-36-35-44(51)52-50(53)60/h14-15,20,22-26,30-31,35-36,40-43,47-49,54-55,58-59H,3-13,16-19,21,27-29,32-34,37-39H2,1-2H3,(H,61,62)(H,63,64)(H2,51,52,60)/b15-14-,23-22+,24-20-,30-25+,31-26-/t40-,41-,42-,43-,47-,48-,49-/m1/s1. The fourth-order valence-electron chi connectivity index (χ4n) is 7.21. The van der Waals surface area contributed by atoms with Crippen LogP contribution in [0.25, 0.3) is 0 Å². The molecular weight excluding hydrogens is 977 g/mol. The smallest absolute Gasteiger partial charge is 0.462 e. The minimum atomic E-state index is -5.48. The number of hydrogen-bond acceptors (Lipinski definition) is 17. The minimum Gasteiger partial charge on any atom is -0.462 e. The highest BCUT2D eigenvalue weighted by Crippen LogP contribution is 2.60. The Balaban J connectivity index is 1.88. The van der Waals surface area contributed by atoms with Crippen molar-refractivity contribution in [3.8, 4) is 0 Å². The van der Waals surface area contributed by atoms with Gasteiger partial charge >= 0.3 is 33.3 Å². The molecule has 20 nitrogen and oxygen atoms in total. The maximum absolute atomic E-state index is 12.9. The van der Waals surface area contributed by atoms with E-state index in [0.29, 0.717) is 12.8 Å². The van der Waals surface area contributed by atoms with Crippen molar-refractivity contribution in [2.45, 2.75) is 198 Å².